The highest BCUT2D eigenvalue weighted by Crippen LogP contribution is 2.32. The summed E-state index contributed by atoms with van der Waals surface area (Å²) >= 11 is 0. The Bertz CT molecular complexity index is 1300. The molecule has 3 aromatic rings. The summed E-state index contributed by atoms with van der Waals surface area (Å²) in [7, 11) is -0.0765. The molecule has 1 aromatic heterocycles. The van der Waals surface area contributed by atoms with Gasteiger partial charge in [0, 0.05) is 13.7 Å². The van der Waals surface area contributed by atoms with Crippen molar-refractivity contribution < 1.29 is 31.8 Å². The van der Waals surface area contributed by atoms with Gasteiger partial charge in [0.15, 0.2) is 5.69 Å². The van der Waals surface area contributed by atoms with Gasteiger partial charge in [0.25, 0.3) is 21.8 Å². The van der Waals surface area contributed by atoms with Crippen molar-refractivity contribution in [3.8, 4) is 11.6 Å². The lowest BCUT2D eigenvalue weighted by molar-refractivity contribution is 0.0941. The van der Waals surface area contributed by atoms with Crippen molar-refractivity contribution in [1.29, 1.82) is 0 Å². The fourth-order valence-electron chi connectivity index (χ4n) is 3.21. The van der Waals surface area contributed by atoms with E-state index in [0.717, 1.165) is 9.87 Å². The van der Waals surface area contributed by atoms with Crippen LogP contribution in [-0.4, -0.2) is 58.8 Å². The van der Waals surface area contributed by atoms with E-state index in [1.807, 2.05) is 6.92 Å². The zero-order valence-electron chi connectivity index (χ0n) is 20.3. The molecule has 0 spiro atoms. The summed E-state index contributed by atoms with van der Waals surface area (Å²) in [5, 5.41) is 2.67. The van der Waals surface area contributed by atoms with Crippen LogP contribution in [0.25, 0.3) is 0 Å². The molecule has 0 aliphatic rings. The average molecular weight is 519 g/mol. The number of nitrogens with zero attached hydrogens (tertiary/aromatic N) is 3. The van der Waals surface area contributed by atoms with Crippen molar-refractivity contribution >= 4 is 21.9 Å². The van der Waals surface area contributed by atoms with Gasteiger partial charge in [0.2, 0.25) is 11.7 Å². The average Bonchev–Trinajstić information content (AvgIpc) is 2.87. The topological polar surface area (TPSA) is 120 Å². The van der Waals surface area contributed by atoms with Gasteiger partial charge >= 0.3 is 0 Å². The summed E-state index contributed by atoms with van der Waals surface area (Å²) in [6, 6.07) is 11.9. The van der Waals surface area contributed by atoms with Crippen LogP contribution in [0.2, 0.25) is 0 Å². The number of rotatable bonds is 11. The van der Waals surface area contributed by atoms with Crippen LogP contribution in [0.15, 0.2) is 53.4 Å². The first-order chi connectivity index (χ1) is 17.2. The molecule has 0 aliphatic carbocycles. The quantitative estimate of drug-likeness (QED) is 0.412. The molecule has 1 amide bonds. The van der Waals surface area contributed by atoms with Crippen LogP contribution in [0.5, 0.6) is 11.6 Å². The fraction of sp³-hybridized carbons (Fsp3) is 0.292. The van der Waals surface area contributed by atoms with Gasteiger partial charge in [-0.25, -0.2) is 22.1 Å². The highest BCUT2D eigenvalue weighted by Gasteiger charge is 2.31. The molecule has 0 aliphatic heterocycles. The maximum absolute atomic E-state index is 13.5. The minimum absolute atomic E-state index is 0.0184. The van der Waals surface area contributed by atoms with E-state index in [9.17, 15) is 17.6 Å². The molecule has 0 saturated carbocycles. The van der Waals surface area contributed by atoms with Crippen molar-refractivity contribution in [1.82, 2.24) is 15.3 Å². The van der Waals surface area contributed by atoms with E-state index in [2.05, 4.69) is 15.3 Å². The molecule has 36 heavy (non-hydrogen) atoms. The number of carbonyl (C=O) groups excluding carboxylic acids is 1. The third kappa shape index (κ3) is 6.07. The largest absolute Gasteiger partial charge is 0.489 e. The summed E-state index contributed by atoms with van der Waals surface area (Å²) in [6.07, 6.45) is 0. The Morgan fingerprint density at radius 3 is 2.25 bits per heavy atom. The van der Waals surface area contributed by atoms with E-state index >= 15 is 0 Å². The third-order valence-electron chi connectivity index (χ3n) is 5.13. The first-order valence-corrected chi connectivity index (χ1v) is 12.3. The monoisotopic (exact) mass is 518 g/mol. The first-order valence-electron chi connectivity index (χ1n) is 10.8. The number of hydrogen-bond donors (Lipinski definition) is 1. The Balaban J connectivity index is 2.04. The maximum atomic E-state index is 13.5. The van der Waals surface area contributed by atoms with E-state index in [1.165, 1.54) is 57.7 Å². The highest BCUT2D eigenvalue weighted by molar-refractivity contribution is 7.92. The zero-order valence-corrected chi connectivity index (χ0v) is 21.1. The lowest BCUT2D eigenvalue weighted by Crippen LogP contribution is -2.36. The van der Waals surface area contributed by atoms with Gasteiger partial charge in [-0.3, -0.25) is 4.79 Å². The number of anilines is 1. The number of aryl methyl sites for hydroxylation is 1. The Kier molecular flexibility index (Phi) is 8.78. The second kappa shape index (κ2) is 11.8. The Morgan fingerprint density at radius 1 is 1.00 bits per heavy atom. The normalized spacial score (nSPS) is 11.1. The molecular weight excluding hydrogens is 491 g/mol. The number of carbonyl (C=O) groups is 1. The van der Waals surface area contributed by atoms with Crippen molar-refractivity contribution in [2.45, 2.75) is 18.4 Å². The summed E-state index contributed by atoms with van der Waals surface area (Å²) in [6.45, 7) is 1.82. The van der Waals surface area contributed by atoms with Crippen LogP contribution < -0.4 is 19.1 Å². The number of ether oxygens (including phenoxy) is 3. The number of nitrogens with one attached hydrogen (secondary N) is 1. The predicted octanol–water partition coefficient (Wildman–Crippen LogP) is 2.71. The second-order valence-corrected chi connectivity index (χ2v) is 9.47. The predicted molar refractivity (Wildman–Crippen MR) is 130 cm³/mol. The first kappa shape index (κ1) is 26.8. The van der Waals surface area contributed by atoms with Crippen molar-refractivity contribution in [3.63, 3.8) is 0 Å². The summed E-state index contributed by atoms with van der Waals surface area (Å²) in [5.74, 6) is -1.56. The molecule has 12 heteroatoms. The second-order valence-electron chi connectivity index (χ2n) is 7.61. The van der Waals surface area contributed by atoms with E-state index in [0.29, 0.717) is 5.56 Å². The highest BCUT2D eigenvalue weighted by atomic mass is 32.2. The Labute approximate surface area is 209 Å². The molecule has 0 atom stereocenters. The fourth-order valence-corrected chi connectivity index (χ4v) is 4.56. The standard InChI is InChI=1S/C24H27FN4O6S/c1-16-5-11-19(12-6-16)36(31,32)29(13-14-33-2)24-27-20(21(34-3)23(28-24)35-4)22(30)26-15-17-7-9-18(25)10-8-17/h5-12H,13-15H2,1-4H3,(H,26,30). The van der Waals surface area contributed by atoms with Gasteiger partial charge in [-0.1, -0.05) is 29.8 Å². The molecule has 2 aromatic carbocycles. The summed E-state index contributed by atoms with van der Waals surface area (Å²) < 4.78 is 56.8. The van der Waals surface area contributed by atoms with Crippen LogP contribution in [0, 0.1) is 12.7 Å². The van der Waals surface area contributed by atoms with Crippen LogP contribution >= 0.6 is 0 Å². The summed E-state index contributed by atoms with van der Waals surface area (Å²) in [5.41, 5.74) is 1.30. The van der Waals surface area contributed by atoms with E-state index in [4.69, 9.17) is 14.2 Å². The maximum Gasteiger partial charge on any atom is 0.274 e. The molecule has 1 N–H and O–H groups in total. The minimum atomic E-state index is -4.12. The third-order valence-corrected chi connectivity index (χ3v) is 6.93. The van der Waals surface area contributed by atoms with E-state index < -0.39 is 21.7 Å². The Hall–Kier alpha value is -3.77. The Morgan fingerprint density at radius 2 is 1.67 bits per heavy atom. The number of benzene rings is 2. The van der Waals surface area contributed by atoms with Gasteiger partial charge < -0.3 is 19.5 Å². The molecule has 10 nitrogen and oxygen atoms in total. The molecule has 0 fully saturated rings. The van der Waals surface area contributed by atoms with E-state index in [1.54, 1.807) is 12.1 Å². The lowest BCUT2D eigenvalue weighted by atomic mass is 10.2. The lowest BCUT2D eigenvalue weighted by Gasteiger charge is -2.23. The number of hydrogen-bond acceptors (Lipinski definition) is 8. The van der Waals surface area contributed by atoms with Gasteiger partial charge in [-0.05, 0) is 36.8 Å². The van der Waals surface area contributed by atoms with Gasteiger partial charge in [-0.15, -0.1) is 0 Å². The molecule has 0 radical (unpaired) electrons. The smallest absolute Gasteiger partial charge is 0.274 e. The van der Waals surface area contributed by atoms with Crippen LogP contribution in [0.1, 0.15) is 21.6 Å². The molecular formula is C24H27FN4O6S. The zero-order chi connectivity index (χ0) is 26.3. The molecule has 0 saturated heterocycles. The van der Waals surface area contributed by atoms with Gasteiger partial charge in [0.1, 0.15) is 5.82 Å². The number of aromatic nitrogens is 2. The van der Waals surface area contributed by atoms with Gasteiger partial charge in [0.05, 0.1) is 32.3 Å². The minimum Gasteiger partial charge on any atom is -0.489 e. The molecule has 192 valence electrons. The van der Waals surface area contributed by atoms with Crippen LogP contribution in [-0.2, 0) is 21.3 Å². The number of methoxy groups -OCH3 is 3. The number of halogens is 1. The van der Waals surface area contributed by atoms with E-state index in [-0.39, 0.29) is 47.9 Å². The van der Waals surface area contributed by atoms with Crippen LogP contribution in [0.4, 0.5) is 10.3 Å². The SMILES string of the molecule is COCCN(c1nc(OC)c(OC)c(C(=O)NCc2ccc(F)cc2)n1)S(=O)(=O)c1ccc(C)cc1. The van der Waals surface area contributed by atoms with Crippen LogP contribution in [0.3, 0.4) is 0 Å². The van der Waals surface area contributed by atoms with Crippen molar-refractivity contribution in [2.75, 3.05) is 38.8 Å². The van der Waals surface area contributed by atoms with Gasteiger partial charge in [-0.2, -0.15) is 4.98 Å². The summed E-state index contributed by atoms with van der Waals surface area (Å²) in [4.78, 5) is 21.5. The molecule has 0 bridgehead atoms. The number of amides is 1. The van der Waals surface area contributed by atoms with Crippen molar-refractivity contribution in [2.24, 2.45) is 0 Å². The number of sulfonamides is 1. The van der Waals surface area contributed by atoms with Crippen molar-refractivity contribution in [3.05, 3.63) is 71.2 Å². The molecule has 1 heterocycles. The molecule has 3 rings (SSSR count). The molecule has 0 unspecified atom stereocenters.